The maximum Gasteiger partial charge on any atom is 0.254 e. The van der Waals surface area contributed by atoms with E-state index in [-0.39, 0.29) is 18.0 Å². The van der Waals surface area contributed by atoms with Crippen molar-refractivity contribution in [3.63, 3.8) is 0 Å². The molecule has 0 aromatic carbocycles. The van der Waals surface area contributed by atoms with Crippen molar-refractivity contribution < 1.29 is 19.2 Å². The second kappa shape index (κ2) is 8.30. The van der Waals surface area contributed by atoms with Crippen LogP contribution in [0.4, 0.5) is 0 Å². The van der Waals surface area contributed by atoms with Crippen LogP contribution in [-0.4, -0.2) is 67.6 Å². The van der Waals surface area contributed by atoms with Crippen LogP contribution in [0.5, 0.6) is 0 Å². The summed E-state index contributed by atoms with van der Waals surface area (Å²) in [7, 11) is 0. The van der Waals surface area contributed by atoms with E-state index in [0.29, 0.717) is 24.2 Å². The van der Waals surface area contributed by atoms with Gasteiger partial charge in [-0.15, -0.1) is 11.8 Å². The van der Waals surface area contributed by atoms with Gasteiger partial charge in [0.05, 0.1) is 24.5 Å². The highest BCUT2D eigenvalue weighted by Gasteiger charge is 2.42. The van der Waals surface area contributed by atoms with E-state index in [9.17, 15) is 19.2 Å². The predicted molar refractivity (Wildman–Crippen MR) is 97.1 cm³/mol. The number of nitrogens with zero attached hydrogens (tertiary/aromatic N) is 2. The van der Waals surface area contributed by atoms with Gasteiger partial charge in [-0.05, 0) is 12.8 Å². The third-order valence-electron chi connectivity index (χ3n) is 4.61. The fourth-order valence-corrected chi connectivity index (χ4v) is 4.31. The number of aromatic nitrogens is 2. The summed E-state index contributed by atoms with van der Waals surface area (Å²) in [4.78, 5) is 57.1. The first-order valence-electron chi connectivity index (χ1n) is 8.69. The molecule has 0 spiro atoms. The first kappa shape index (κ1) is 19.7. The van der Waals surface area contributed by atoms with Crippen LogP contribution in [0.25, 0.3) is 0 Å². The molecule has 0 radical (unpaired) electrons. The molecular formula is C16H22N6O4S. The molecule has 2 saturated heterocycles. The van der Waals surface area contributed by atoms with Gasteiger partial charge in [0.15, 0.2) is 5.78 Å². The van der Waals surface area contributed by atoms with E-state index in [1.807, 2.05) is 0 Å². The van der Waals surface area contributed by atoms with E-state index >= 15 is 0 Å². The summed E-state index contributed by atoms with van der Waals surface area (Å²) in [5, 5.41) is 2.22. The molecule has 6 N–H and O–H groups in total. The monoisotopic (exact) mass is 394 g/mol. The van der Waals surface area contributed by atoms with Gasteiger partial charge in [0, 0.05) is 30.5 Å². The number of imidazole rings is 1. The number of hydrogen-bond donors (Lipinski definition) is 4. The zero-order valence-corrected chi connectivity index (χ0v) is 15.4. The van der Waals surface area contributed by atoms with Crippen LogP contribution in [-0.2, 0) is 25.6 Å². The number of H-pyrrole nitrogens is 1. The van der Waals surface area contributed by atoms with Crippen LogP contribution in [0.1, 0.15) is 25.0 Å². The Labute approximate surface area is 159 Å². The van der Waals surface area contributed by atoms with Crippen molar-refractivity contribution in [2.75, 3.05) is 5.75 Å². The van der Waals surface area contributed by atoms with Gasteiger partial charge < -0.3 is 16.5 Å². The van der Waals surface area contributed by atoms with Gasteiger partial charge in [-0.2, -0.15) is 0 Å². The number of hydrogen-bond acceptors (Lipinski definition) is 9. The number of imide groups is 3. The Kier molecular flexibility index (Phi) is 6.05. The summed E-state index contributed by atoms with van der Waals surface area (Å²) in [6.45, 7) is 0. The molecule has 27 heavy (non-hydrogen) atoms. The number of thioether (sulfide) groups is 1. The number of nitrogens with two attached hydrogens (primary N) is 2. The number of carbonyl (C=O) groups excluding carboxylic acids is 4. The fraction of sp³-hybridized carbons (Fsp3) is 0.562. The summed E-state index contributed by atoms with van der Waals surface area (Å²) >= 11 is 1.23. The normalized spacial score (nSPS) is 27.5. The Hall–Kier alpha value is -2.08. The number of likely N-dealkylation sites (tertiary alicyclic amines) is 1. The molecule has 146 valence electrons. The molecule has 3 amide bonds. The molecular weight excluding hydrogens is 372 g/mol. The van der Waals surface area contributed by atoms with Gasteiger partial charge in [-0.3, -0.25) is 24.5 Å². The van der Waals surface area contributed by atoms with E-state index in [2.05, 4.69) is 15.3 Å². The lowest BCUT2D eigenvalue weighted by Crippen LogP contribution is -2.55. The first-order chi connectivity index (χ1) is 12.9. The van der Waals surface area contributed by atoms with Crippen molar-refractivity contribution in [3.8, 4) is 0 Å². The summed E-state index contributed by atoms with van der Waals surface area (Å²) < 4.78 is 0. The molecule has 11 heteroatoms. The minimum atomic E-state index is -0.866. The fourth-order valence-electron chi connectivity index (χ4n) is 3.09. The van der Waals surface area contributed by atoms with E-state index < -0.39 is 41.2 Å². The second-order valence-electron chi connectivity index (χ2n) is 6.63. The lowest BCUT2D eigenvalue weighted by Gasteiger charge is -2.22. The van der Waals surface area contributed by atoms with Crippen LogP contribution in [0, 0.1) is 0 Å². The molecule has 1 aromatic rings. The Morgan fingerprint density at radius 3 is 2.89 bits per heavy atom. The van der Waals surface area contributed by atoms with Crippen LogP contribution in [0.3, 0.4) is 0 Å². The molecule has 0 aliphatic carbocycles. The van der Waals surface area contributed by atoms with Crippen molar-refractivity contribution >= 4 is 35.3 Å². The third-order valence-corrected chi connectivity index (χ3v) is 5.84. The molecule has 2 aliphatic rings. The zero-order valence-electron chi connectivity index (χ0n) is 14.6. The van der Waals surface area contributed by atoms with Crippen molar-refractivity contribution in [1.29, 1.82) is 0 Å². The van der Waals surface area contributed by atoms with Gasteiger partial charge in [0.2, 0.25) is 5.91 Å². The van der Waals surface area contributed by atoms with E-state index in [1.165, 1.54) is 18.1 Å². The molecule has 3 unspecified atom stereocenters. The lowest BCUT2D eigenvalue weighted by molar-refractivity contribution is -0.154. The summed E-state index contributed by atoms with van der Waals surface area (Å²) in [5.41, 5.74) is 12.4. The Morgan fingerprint density at radius 1 is 1.41 bits per heavy atom. The van der Waals surface area contributed by atoms with Gasteiger partial charge in [-0.1, -0.05) is 0 Å². The van der Waals surface area contributed by atoms with Crippen LogP contribution >= 0.6 is 11.8 Å². The van der Waals surface area contributed by atoms with E-state index in [4.69, 9.17) is 11.5 Å². The van der Waals surface area contributed by atoms with Gasteiger partial charge in [-0.25, -0.2) is 9.88 Å². The van der Waals surface area contributed by atoms with Crippen molar-refractivity contribution in [2.45, 2.75) is 49.2 Å². The Bertz CT molecular complexity index is 739. The number of ketones is 1. The van der Waals surface area contributed by atoms with E-state index in [1.54, 1.807) is 6.20 Å². The number of amides is 3. The second-order valence-corrected chi connectivity index (χ2v) is 7.76. The van der Waals surface area contributed by atoms with Crippen molar-refractivity contribution in [1.82, 2.24) is 20.2 Å². The molecule has 3 rings (SSSR count). The largest absolute Gasteiger partial charge is 0.348 e. The van der Waals surface area contributed by atoms with Crippen LogP contribution in [0.15, 0.2) is 12.5 Å². The lowest BCUT2D eigenvalue weighted by atomic mass is 10.1. The number of Topliss-reactive ketones (excluding diaryl/α,β-unsaturated/α-hetero) is 1. The minimum Gasteiger partial charge on any atom is -0.348 e. The smallest absolute Gasteiger partial charge is 0.254 e. The van der Waals surface area contributed by atoms with Gasteiger partial charge >= 0.3 is 0 Å². The summed E-state index contributed by atoms with van der Waals surface area (Å²) in [6.07, 6.45) is 4.32. The molecule has 10 nitrogen and oxygen atoms in total. The van der Waals surface area contributed by atoms with Crippen molar-refractivity contribution in [2.24, 2.45) is 11.5 Å². The topological polar surface area (TPSA) is 164 Å². The zero-order chi connectivity index (χ0) is 19.6. The molecule has 2 aliphatic heterocycles. The molecule has 4 atom stereocenters. The summed E-state index contributed by atoms with van der Waals surface area (Å²) in [5.74, 6) is -1.88. The maximum atomic E-state index is 12.7. The van der Waals surface area contributed by atoms with Crippen LogP contribution < -0.4 is 16.8 Å². The standard InChI is InChI=1S/C16H22N6O4S/c17-9-2-1-3-12(23)22(15(9)25)16(26)11-6-27-14(21-11)13(24)10(18)4-8-5-19-7-20-8/h5,7,9-11,14,21H,1-4,6,17-18H2,(H,19,20)/t9?,10-,11?,14?/m0/s1. The average Bonchev–Trinajstić information content (AvgIpc) is 3.30. The molecule has 3 heterocycles. The maximum absolute atomic E-state index is 12.7. The van der Waals surface area contributed by atoms with Crippen molar-refractivity contribution in [3.05, 3.63) is 18.2 Å². The average molecular weight is 394 g/mol. The van der Waals surface area contributed by atoms with Crippen LogP contribution in [0.2, 0.25) is 0 Å². The number of rotatable bonds is 5. The highest BCUT2D eigenvalue weighted by atomic mass is 32.2. The molecule has 0 bridgehead atoms. The quantitative estimate of drug-likeness (QED) is 0.425. The Morgan fingerprint density at radius 2 is 2.19 bits per heavy atom. The highest BCUT2D eigenvalue weighted by molar-refractivity contribution is 8.00. The molecule has 2 fully saturated rings. The highest BCUT2D eigenvalue weighted by Crippen LogP contribution is 2.23. The SMILES string of the molecule is NC1CCCC(=O)N(C(=O)C2CSC(C(=O)[C@@H](N)Cc3cnc[nH]3)N2)C1=O. The van der Waals surface area contributed by atoms with Gasteiger partial charge in [0.1, 0.15) is 5.37 Å². The third kappa shape index (κ3) is 4.26. The van der Waals surface area contributed by atoms with Gasteiger partial charge in [0.25, 0.3) is 11.8 Å². The number of nitrogens with one attached hydrogen (secondary N) is 2. The number of aromatic amines is 1. The molecule has 0 saturated carbocycles. The Balaban J connectivity index is 1.62. The van der Waals surface area contributed by atoms with E-state index in [0.717, 1.165) is 5.69 Å². The predicted octanol–water partition coefficient (Wildman–Crippen LogP) is -1.73. The summed E-state index contributed by atoms with van der Waals surface area (Å²) in [6, 6.07) is -2.45. The minimum absolute atomic E-state index is 0.0997. The first-order valence-corrected chi connectivity index (χ1v) is 9.73. The number of carbonyl (C=O) groups is 4. The molecule has 1 aromatic heterocycles.